The third-order valence-electron chi connectivity index (χ3n) is 7.88. The summed E-state index contributed by atoms with van der Waals surface area (Å²) in [5, 5.41) is 21.3. The number of fused-ring (bicyclic) bond motifs is 1. The van der Waals surface area contributed by atoms with Crippen LogP contribution in [0.15, 0.2) is 49.9 Å². The lowest BCUT2D eigenvalue weighted by Gasteiger charge is -2.18. The zero-order valence-corrected chi connectivity index (χ0v) is 38.8. The molecule has 0 saturated heterocycles. The van der Waals surface area contributed by atoms with Crippen LogP contribution < -0.4 is 19.9 Å². The van der Waals surface area contributed by atoms with Crippen molar-refractivity contribution in [3.05, 3.63) is 71.3 Å². The molecule has 2 aliphatic rings. The summed E-state index contributed by atoms with van der Waals surface area (Å²) in [5.74, 6) is -5.71. The fourth-order valence-electron chi connectivity index (χ4n) is 5.19. The third-order valence-corrected chi connectivity index (χ3v) is 11.9. The standard InChI is InChI=1S/C15H15ClFN3O3S2.C14H13NO7S.C3H8NO5P.C3H9S/c1-23-13(21)8-24-12-7-11(10(17)6-9(12)16)18-14-19-4-2-3-5-20(19)15(22)25-14;1-23(21,22)8-5-6-9(10(7-8)15(19)20)14(18)13-11(16)3-2-4-12(13)17;5-3(6)1-4-2-10(7,8)9;1-4(2)3/h6-7H,2-5,8H2,1H3;5-7,13H,2-4H2,1H3;4H,1-2H2,(H,5,6)(H2,7,8,9);1-3H3/q;;;+1/p-1/b18-14-;;;. The maximum absolute atomic E-state index is 14.3. The number of rotatable bonds is 12. The average Bonchev–Trinajstić information content (AvgIpc) is 3.48. The first-order valence-corrected chi connectivity index (χ1v) is 26.1. The number of hydrogen-bond acceptors (Lipinski definition) is 17. The number of esters is 1. The number of nitrogens with one attached hydrogen (secondary N) is 1. The Balaban J connectivity index is 0.000000330. The molecule has 0 bridgehead atoms. The molecule has 2 aromatic carbocycles. The summed E-state index contributed by atoms with van der Waals surface area (Å²) < 4.78 is 55.2. The van der Waals surface area contributed by atoms with Gasteiger partial charge in [-0.25, -0.2) is 22.5 Å². The van der Waals surface area contributed by atoms with Crippen LogP contribution in [0, 0.1) is 21.8 Å². The van der Waals surface area contributed by atoms with E-state index in [0.29, 0.717) is 40.1 Å². The average molecular weight is 988 g/mol. The Kier molecular flexibility index (Phi) is 21.5. The number of nitro benzene ring substituents is 1. The molecule has 1 aromatic heterocycles. The number of carbonyl (C=O) groups is 5. The van der Waals surface area contributed by atoms with Crippen LogP contribution in [0.3, 0.4) is 0 Å². The lowest BCUT2D eigenvalue weighted by atomic mass is 9.81. The summed E-state index contributed by atoms with van der Waals surface area (Å²) in [6, 6.07) is 5.44. The van der Waals surface area contributed by atoms with E-state index in [1.807, 2.05) is 5.32 Å². The molecular formula is C35H44ClFN5O15PS4. The highest BCUT2D eigenvalue weighted by Gasteiger charge is 2.39. The summed E-state index contributed by atoms with van der Waals surface area (Å²) in [7, 11) is -6.11. The lowest BCUT2D eigenvalue weighted by Crippen LogP contribution is -2.35. The number of carbonyl (C=O) groups excluding carboxylic acids is 4. The van der Waals surface area contributed by atoms with Gasteiger partial charge in [0.15, 0.2) is 27.2 Å². The van der Waals surface area contributed by atoms with Gasteiger partial charge in [-0.3, -0.25) is 48.9 Å². The van der Waals surface area contributed by atoms with Crippen molar-refractivity contribution >= 4 is 104 Å². The number of aromatic nitrogens is 2. The van der Waals surface area contributed by atoms with Crippen LogP contribution in [0.5, 0.6) is 0 Å². The molecule has 1 unspecified atom stereocenters. The van der Waals surface area contributed by atoms with Crippen molar-refractivity contribution in [2.75, 3.05) is 50.7 Å². The van der Waals surface area contributed by atoms with Gasteiger partial charge in [-0.1, -0.05) is 11.6 Å². The van der Waals surface area contributed by atoms with E-state index in [-0.39, 0.29) is 39.1 Å². The van der Waals surface area contributed by atoms with Gasteiger partial charge in [-0.05, 0) is 65.8 Å². The molecule has 27 heteroatoms. The van der Waals surface area contributed by atoms with Crippen molar-refractivity contribution < 1.29 is 65.9 Å². The SMILES string of the molecule is COC(=O)CSc1cc(/N=c2\sc(=O)n3n2CCCC3)c(F)cc1Cl.CS(=O)(=O)c1ccc(C(=O)C2C(=O)CCCC2=O)c([N+](=O)[O-])c1.C[S+](C)C.O=C(O)CNCP(=O)([O-])O. The maximum atomic E-state index is 14.3. The van der Waals surface area contributed by atoms with E-state index in [4.69, 9.17) is 21.6 Å². The minimum absolute atomic E-state index is 0.0605. The summed E-state index contributed by atoms with van der Waals surface area (Å²) >= 11 is 8.17. The molecule has 0 spiro atoms. The highest BCUT2D eigenvalue weighted by molar-refractivity contribution is 8.00. The maximum Gasteiger partial charge on any atom is 0.325 e. The number of aliphatic carboxylic acids is 1. The van der Waals surface area contributed by atoms with Crippen LogP contribution in [0.2, 0.25) is 5.02 Å². The van der Waals surface area contributed by atoms with E-state index in [0.717, 1.165) is 66.5 Å². The minimum atomic E-state index is -4.35. The molecule has 62 heavy (non-hydrogen) atoms. The number of hydrogen-bond donors (Lipinski definition) is 3. The fraction of sp³-hybridized carbons (Fsp3) is 0.457. The highest BCUT2D eigenvalue weighted by atomic mass is 35.5. The molecule has 1 fully saturated rings. The number of benzene rings is 2. The van der Waals surface area contributed by atoms with E-state index >= 15 is 0 Å². The first kappa shape index (κ1) is 54.1. The molecule has 5 rings (SSSR count). The number of nitro groups is 1. The number of carboxylic acid groups (broad SMARTS) is 1. The van der Waals surface area contributed by atoms with Crippen LogP contribution in [0.1, 0.15) is 42.5 Å². The van der Waals surface area contributed by atoms with Gasteiger partial charge in [0.1, 0.15) is 25.0 Å². The smallest absolute Gasteiger partial charge is 0.325 e. The predicted octanol–water partition coefficient (Wildman–Crippen LogP) is 2.57. The monoisotopic (exact) mass is 987 g/mol. The lowest BCUT2D eigenvalue weighted by molar-refractivity contribution is -0.385. The molecule has 1 aliphatic heterocycles. The number of thioether (sulfide) groups is 1. The van der Waals surface area contributed by atoms with Gasteiger partial charge in [0.05, 0.1) is 64.9 Å². The van der Waals surface area contributed by atoms with Crippen LogP contribution >= 0.6 is 42.3 Å². The van der Waals surface area contributed by atoms with Crippen molar-refractivity contribution in [3.63, 3.8) is 0 Å². The van der Waals surface area contributed by atoms with E-state index in [1.54, 1.807) is 9.36 Å². The first-order chi connectivity index (χ1) is 28.8. The quantitative estimate of drug-likeness (QED) is 0.0343. The van der Waals surface area contributed by atoms with Crippen molar-refractivity contribution in [2.24, 2.45) is 10.9 Å². The number of nitrogens with zero attached hydrogens (tertiary/aromatic N) is 4. The molecule has 1 saturated carbocycles. The molecule has 3 aromatic rings. The van der Waals surface area contributed by atoms with Crippen LogP contribution in [-0.4, -0.2) is 113 Å². The second-order valence-electron chi connectivity index (χ2n) is 13.4. The Hall–Kier alpha value is -4.07. The van der Waals surface area contributed by atoms with Crippen LogP contribution in [-0.2, 0) is 62.3 Å². The van der Waals surface area contributed by atoms with Crippen molar-refractivity contribution in [2.45, 2.75) is 55.0 Å². The minimum Gasteiger partial charge on any atom is -0.778 e. The number of ether oxygens (including phenoxy) is 1. The second-order valence-corrected chi connectivity index (χ2v) is 21.8. The molecular weight excluding hydrogens is 944 g/mol. The first-order valence-electron chi connectivity index (χ1n) is 17.8. The number of methoxy groups -OCH3 is 1. The molecule has 0 amide bonds. The molecule has 20 nitrogen and oxygen atoms in total. The van der Waals surface area contributed by atoms with E-state index in [1.165, 1.54) is 13.2 Å². The molecule has 342 valence electrons. The molecule has 3 N–H and O–H groups in total. The summed E-state index contributed by atoms with van der Waals surface area (Å²) in [5.41, 5.74) is -1.08. The Labute approximate surface area is 370 Å². The van der Waals surface area contributed by atoms with Crippen LogP contribution in [0.25, 0.3) is 0 Å². The molecule has 2 heterocycles. The fourth-order valence-corrected chi connectivity index (χ4v) is 8.21. The largest absolute Gasteiger partial charge is 0.778 e. The summed E-state index contributed by atoms with van der Waals surface area (Å²) in [6.07, 6.45) is 9.14. The van der Waals surface area contributed by atoms with Crippen molar-refractivity contribution in [1.82, 2.24) is 14.7 Å². The van der Waals surface area contributed by atoms with Gasteiger partial charge in [0.2, 0.25) is 4.80 Å². The topological polar surface area (TPSA) is 304 Å². The Bertz CT molecular complexity index is 2430. The van der Waals surface area contributed by atoms with Gasteiger partial charge >= 0.3 is 16.8 Å². The molecule has 1 aliphatic carbocycles. The van der Waals surface area contributed by atoms with E-state index < -0.39 is 87.5 Å². The zero-order chi connectivity index (χ0) is 47.1. The predicted molar refractivity (Wildman–Crippen MR) is 229 cm³/mol. The molecule has 1 atom stereocenters. The second kappa shape index (κ2) is 24.7. The number of sulfone groups is 1. The Morgan fingerprint density at radius 3 is 2.19 bits per heavy atom. The highest BCUT2D eigenvalue weighted by Crippen LogP contribution is 2.33. The summed E-state index contributed by atoms with van der Waals surface area (Å²) in [6.45, 7) is 0.845. The van der Waals surface area contributed by atoms with Gasteiger partial charge < -0.3 is 24.2 Å². The van der Waals surface area contributed by atoms with E-state index in [9.17, 15) is 61.1 Å². The number of Topliss-reactive ketones (excluding diaryl/α,β-unsaturated/α-hetero) is 3. The van der Waals surface area contributed by atoms with Crippen molar-refractivity contribution in [1.29, 1.82) is 0 Å². The third kappa shape index (κ3) is 17.6. The summed E-state index contributed by atoms with van der Waals surface area (Å²) in [4.78, 5) is 102. The van der Waals surface area contributed by atoms with Gasteiger partial charge in [0.25, 0.3) is 5.69 Å². The number of carboxylic acids is 1. The zero-order valence-electron chi connectivity index (χ0n) is 33.9. The number of ketones is 3. The normalized spacial score (nSPS) is 15.1. The van der Waals surface area contributed by atoms with Gasteiger partial charge in [-0.2, -0.15) is 0 Å². The van der Waals surface area contributed by atoms with Gasteiger partial charge in [-0.15, -0.1) is 11.8 Å². The number of halogens is 2. The van der Waals surface area contributed by atoms with E-state index in [2.05, 4.69) is 28.5 Å². The van der Waals surface area contributed by atoms with Crippen LogP contribution in [0.4, 0.5) is 15.8 Å². The Morgan fingerprint density at radius 2 is 1.68 bits per heavy atom. The molecule has 0 radical (unpaired) electrons. The Morgan fingerprint density at radius 1 is 1.10 bits per heavy atom. The van der Waals surface area contributed by atoms with Gasteiger partial charge in [0, 0.05) is 43.1 Å². The van der Waals surface area contributed by atoms with Crippen molar-refractivity contribution in [3.8, 4) is 0 Å².